The van der Waals surface area contributed by atoms with Crippen LogP contribution in [0, 0.1) is 0 Å². The fourth-order valence-corrected chi connectivity index (χ4v) is 4.77. The number of aliphatic hydroxyl groups excluding tert-OH is 2. The van der Waals surface area contributed by atoms with Crippen molar-refractivity contribution in [2.45, 2.75) is 63.1 Å². The summed E-state index contributed by atoms with van der Waals surface area (Å²) in [6, 6.07) is 3.06. The van der Waals surface area contributed by atoms with Crippen molar-refractivity contribution in [1.82, 2.24) is 9.80 Å². The van der Waals surface area contributed by atoms with E-state index < -0.39 is 42.3 Å². The van der Waals surface area contributed by atoms with E-state index in [9.17, 15) is 24.9 Å². The number of likely N-dealkylation sites (N-methyl/N-ethyl adjacent to an activating group) is 1. The summed E-state index contributed by atoms with van der Waals surface area (Å²) in [4.78, 5) is 29.9. The lowest BCUT2D eigenvalue weighted by molar-refractivity contribution is -0.128. The van der Waals surface area contributed by atoms with Gasteiger partial charge in [-0.3, -0.25) is 4.79 Å². The summed E-state index contributed by atoms with van der Waals surface area (Å²) >= 11 is 0. The Morgan fingerprint density at radius 2 is 1.86 bits per heavy atom. The van der Waals surface area contributed by atoms with E-state index in [0.29, 0.717) is 17.9 Å². The number of phenolic OH excluding ortho intramolecular Hbond substituents is 1. The molecule has 4 rings (SSSR count). The molecule has 0 aliphatic carbocycles. The van der Waals surface area contributed by atoms with Crippen molar-refractivity contribution in [3.8, 4) is 11.5 Å². The Bertz CT molecular complexity index is 991. The molecule has 1 aromatic rings. The van der Waals surface area contributed by atoms with Crippen molar-refractivity contribution in [2.24, 2.45) is 0 Å². The largest absolute Gasteiger partial charge is 0.507 e. The van der Waals surface area contributed by atoms with Crippen molar-refractivity contribution < 1.29 is 39.1 Å². The Balaban J connectivity index is 1.43. The van der Waals surface area contributed by atoms with Gasteiger partial charge in [0.15, 0.2) is 5.78 Å². The smallest absolute Gasteiger partial charge is 0.342 e. The number of rotatable bonds is 6. The van der Waals surface area contributed by atoms with Crippen molar-refractivity contribution in [3.63, 3.8) is 0 Å². The number of phenols is 1. The summed E-state index contributed by atoms with van der Waals surface area (Å²) < 4.78 is 17.1. The zero-order valence-corrected chi connectivity index (χ0v) is 21.5. The molecule has 0 radical (unpaired) electrons. The van der Waals surface area contributed by atoms with Gasteiger partial charge < -0.3 is 39.3 Å². The van der Waals surface area contributed by atoms with Crippen LogP contribution < -0.4 is 4.74 Å². The van der Waals surface area contributed by atoms with E-state index in [2.05, 4.69) is 16.8 Å². The third kappa shape index (κ3) is 7.30. The Morgan fingerprint density at radius 1 is 1.11 bits per heavy atom. The predicted molar refractivity (Wildman–Crippen MR) is 135 cm³/mol. The molecule has 3 heterocycles. The van der Waals surface area contributed by atoms with Crippen LogP contribution in [-0.2, 0) is 14.3 Å². The Kier molecular flexibility index (Phi) is 9.20. The summed E-state index contributed by atoms with van der Waals surface area (Å²) in [6.07, 6.45) is 0.0982. The number of aliphatic hydroxyl groups is 2. The number of nitrogens with zero attached hydrogens (tertiary/aromatic N) is 2. The molecule has 0 bridgehead atoms. The van der Waals surface area contributed by atoms with Crippen molar-refractivity contribution in [1.29, 1.82) is 0 Å². The molecule has 0 saturated carbocycles. The number of hydrogen-bond donors (Lipinski definition) is 3. The van der Waals surface area contributed by atoms with E-state index >= 15 is 0 Å². The molecule has 37 heavy (non-hydrogen) atoms. The van der Waals surface area contributed by atoms with Gasteiger partial charge in [0.25, 0.3) is 0 Å². The van der Waals surface area contributed by atoms with Crippen LogP contribution >= 0.6 is 0 Å². The number of hydrogen-bond acceptors (Lipinski definition) is 10. The average Bonchev–Trinajstić information content (AvgIpc) is 3.62. The van der Waals surface area contributed by atoms with Gasteiger partial charge in [0.2, 0.25) is 0 Å². The maximum absolute atomic E-state index is 13.0. The van der Waals surface area contributed by atoms with Crippen LogP contribution in [0.25, 0.3) is 0 Å². The van der Waals surface area contributed by atoms with Gasteiger partial charge in [-0.2, -0.15) is 0 Å². The molecule has 10 heteroatoms. The molecule has 204 valence electrons. The number of aromatic hydroxyl groups is 1. The standard InChI is InChI=1S/C27H38N2O8/c1-17-6-5-7-20(30)25(33)22(32)16-23-26(37-23)19-14-18(15-21(31)24(19)27(34)36-17)35-13-4-3-8-29-11-9-28(2)10-12-29/h5,7,14-15,17,22-23,25-26,31-33H,3-4,6,8-13,16H2,1-2H3/b7-5-/t17-,22-,23+,25+,26+/m0/s1. The number of esters is 1. The second-order valence-corrected chi connectivity index (χ2v) is 10.2. The van der Waals surface area contributed by atoms with Gasteiger partial charge in [-0.15, -0.1) is 0 Å². The summed E-state index contributed by atoms with van der Waals surface area (Å²) in [5.74, 6) is -1.19. The van der Waals surface area contributed by atoms with Crippen LogP contribution in [0.3, 0.4) is 0 Å². The van der Waals surface area contributed by atoms with E-state index in [1.54, 1.807) is 13.0 Å². The fourth-order valence-electron chi connectivity index (χ4n) is 4.77. The Hall–Kier alpha value is -2.50. The maximum Gasteiger partial charge on any atom is 0.342 e. The second kappa shape index (κ2) is 12.4. The van der Waals surface area contributed by atoms with Gasteiger partial charge in [0, 0.05) is 50.7 Å². The molecule has 5 atom stereocenters. The first kappa shape index (κ1) is 27.5. The number of unbranched alkanes of at least 4 members (excludes halogenated alkanes) is 1. The van der Waals surface area contributed by atoms with E-state index in [-0.39, 0.29) is 24.2 Å². The number of cyclic esters (lactones) is 1. The second-order valence-electron chi connectivity index (χ2n) is 10.2. The lowest BCUT2D eigenvalue weighted by atomic mass is 9.97. The summed E-state index contributed by atoms with van der Waals surface area (Å²) in [5.41, 5.74) is 0.393. The lowest BCUT2D eigenvalue weighted by Crippen LogP contribution is -2.44. The minimum Gasteiger partial charge on any atom is -0.507 e. The van der Waals surface area contributed by atoms with Crippen LogP contribution in [-0.4, -0.2) is 108 Å². The van der Waals surface area contributed by atoms with Crippen LogP contribution in [0.15, 0.2) is 24.3 Å². The number of ether oxygens (including phenoxy) is 3. The Labute approximate surface area is 217 Å². The maximum atomic E-state index is 13.0. The normalized spacial score (nSPS) is 30.5. The molecule has 0 spiro atoms. The molecule has 2 saturated heterocycles. The molecule has 3 aliphatic heterocycles. The third-order valence-electron chi connectivity index (χ3n) is 7.14. The first-order chi connectivity index (χ1) is 17.7. The number of carbonyl (C=O) groups is 2. The van der Waals surface area contributed by atoms with Crippen molar-refractivity contribution in [2.75, 3.05) is 46.4 Å². The molecule has 3 aliphatic rings. The number of benzene rings is 1. The highest BCUT2D eigenvalue weighted by Gasteiger charge is 2.46. The van der Waals surface area contributed by atoms with Gasteiger partial charge >= 0.3 is 5.97 Å². The van der Waals surface area contributed by atoms with Gasteiger partial charge in [-0.1, -0.05) is 6.08 Å². The van der Waals surface area contributed by atoms with E-state index in [1.807, 2.05) is 0 Å². The minimum absolute atomic E-state index is 0.00551. The fraction of sp³-hybridized carbons (Fsp3) is 0.630. The average molecular weight is 519 g/mol. The number of carbonyl (C=O) groups excluding carboxylic acids is 2. The van der Waals surface area contributed by atoms with Gasteiger partial charge in [0.05, 0.1) is 18.8 Å². The van der Waals surface area contributed by atoms with Crippen molar-refractivity contribution in [3.05, 3.63) is 35.4 Å². The zero-order chi connectivity index (χ0) is 26.5. The number of ketones is 1. The van der Waals surface area contributed by atoms with Gasteiger partial charge in [-0.25, -0.2) is 4.79 Å². The van der Waals surface area contributed by atoms with Crippen LogP contribution in [0.5, 0.6) is 11.5 Å². The highest BCUT2D eigenvalue weighted by atomic mass is 16.6. The quantitative estimate of drug-likeness (QED) is 0.289. The predicted octanol–water partition coefficient (Wildman–Crippen LogP) is 1.42. The lowest BCUT2D eigenvalue weighted by Gasteiger charge is -2.32. The molecule has 2 fully saturated rings. The first-order valence-electron chi connectivity index (χ1n) is 13.1. The number of fused-ring (bicyclic) bond motifs is 3. The summed E-state index contributed by atoms with van der Waals surface area (Å²) in [6.45, 7) is 7.45. The minimum atomic E-state index is -1.57. The molecule has 0 unspecified atom stereocenters. The highest BCUT2D eigenvalue weighted by molar-refractivity contribution is 5.95. The molecular weight excluding hydrogens is 480 g/mol. The molecular formula is C27H38N2O8. The molecule has 1 aromatic carbocycles. The SMILES string of the molecule is C[C@H]1C/C=C\C(=O)[C@@H](O)[C@@H](O)C[C@H]2O[C@@H]2c2cc(OCCCCN3CCN(C)CC3)cc(O)c2C(=O)O1. The van der Waals surface area contributed by atoms with Crippen LogP contribution in [0.4, 0.5) is 0 Å². The van der Waals surface area contributed by atoms with Gasteiger partial charge in [0.1, 0.15) is 35.4 Å². The van der Waals surface area contributed by atoms with E-state index in [4.69, 9.17) is 14.2 Å². The van der Waals surface area contributed by atoms with Crippen LogP contribution in [0.2, 0.25) is 0 Å². The monoisotopic (exact) mass is 518 g/mol. The zero-order valence-electron chi connectivity index (χ0n) is 21.5. The van der Waals surface area contributed by atoms with Gasteiger partial charge in [-0.05, 0) is 45.5 Å². The van der Waals surface area contributed by atoms with E-state index in [0.717, 1.165) is 45.6 Å². The molecule has 0 aromatic heterocycles. The summed E-state index contributed by atoms with van der Waals surface area (Å²) in [7, 11) is 2.14. The van der Waals surface area contributed by atoms with Crippen LogP contribution in [0.1, 0.15) is 54.6 Å². The molecule has 3 N–H and O–H groups in total. The summed E-state index contributed by atoms with van der Waals surface area (Å²) in [5, 5.41) is 31.3. The Morgan fingerprint density at radius 3 is 2.62 bits per heavy atom. The number of epoxide rings is 1. The first-order valence-corrected chi connectivity index (χ1v) is 13.1. The topological polar surface area (TPSA) is 132 Å². The van der Waals surface area contributed by atoms with Crippen molar-refractivity contribution >= 4 is 11.8 Å². The molecule has 0 amide bonds. The van der Waals surface area contributed by atoms with E-state index in [1.165, 1.54) is 18.2 Å². The highest BCUT2D eigenvalue weighted by Crippen LogP contribution is 2.46. The molecule has 10 nitrogen and oxygen atoms in total. The number of piperazine rings is 1. The third-order valence-corrected chi connectivity index (χ3v) is 7.14.